The Kier molecular flexibility index (Phi) is 2.49. The van der Waals surface area contributed by atoms with E-state index in [-0.39, 0.29) is 5.41 Å². The van der Waals surface area contributed by atoms with Crippen molar-refractivity contribution < 1.29 is 0 Å². The molecule has 0 aliphatic rings. The molecule has 3 nitrogen and oxygen atoms in total. The van der Waals surface area contributed by atoms with E-state index >= 15 is 0 Å². The highest BCUT2D eigenvalue weighted by atomic mass is 15.0. The van der Waals surface area contributed by atoms with Gasteiger partial charge in [-0.3, -0.25) is 4.99 Å². The Bertz CT molecular complexity index is 130. The summed E-state index contributed by atoms with van der Waals surface area (Å²) in [5, 5.41) is 3.28. The molecule has 0 heterocycles. The fourth-order valence-corrected chi connectivity index (χ4v) is 0.553. The van der Waals surface area contributed by atoms with Crippen molar-refractivity contribution in [2.24, 2.45) is 15.5 Å². The van der Waals surface area contributed by atoms with E-state index in [0.717, 1.165) is 0 Å². The molecule has 0 aliphatic carbocycles. The smallest absolute Gasteiger partial charge is 0.150 e. The lowest BCUT2D eigenvalue weighted by molar-refractivity contribution is 0.579. The zero-order chi connectivity index (χ0) is 7.49. The number of hydrogen-bond donors (Lipinski definition) is 1. The minimum atomic E-state index is -0.0868. The van der Waals surface area contributed by atoms with Crippen molar-refractivity contribution in [2.45, 2.75) is 20.8 Å². The van der Waals surface area contributed by atoms with Gasteiger partial charge in [-0.15, -0.1) is 5.11 Å². The summed E-state index contributed by atoms with van der Waals surface area (Å²) in [6.07, 6.45) is 0. The predicted molar refractivity (Wildman–Crippen MR) is 38.0 cm³/mol. The van der Waals surface area contributed by atoms with E-state index in [2.05, 4.69) is 10.1 Å². The zero-order valence-corrected chi connectivity index (χ0v) is 6.39. The van der Waals surface area contributed by atoms with Gasteiger partial charge in [0, 0.05) is 12.5 Å². The van der Waals surface area contributed by atoms with Crippen LogP contribution in [-0.4, -0.2) is 12.9 Å². The maximum Gasteiger partial charge on any atom is 0.150 e. The van der Waals surface area contributed by atoms with Crippen LogP contribution in [0.4, 0.5) is 0 Å². The van der Waals surface area contributed by atoms with Gasteiger partial charge in [0.15, 0.2) is 5.84 Å². The first kappa shape index (κ1) is 8.27. The van der Waals surface area contributed by atoms with Gasteiger partial charge < -0.3 is 0 Å². The molecule has 0 fully saturated rings. The van der Waals surface area contributed by atoms with Crippen LogP contribution in [0.5, 0.6) is 0 Å². The van der Waals surface area contributed by atoms with Crippen molar-refractivity contribution in [1.82, 2.24) is 0 Å². The van der Waals surface area contributed by atoms with E-state index in [1.807, 2.05) is 20.8 Å². The average Bonchev–Trinajstić information content (AvgIpc) is 1.65. The third-order valence-corrected chi connectivity index (χ3v) is 0.989. The first-order valence-electron chi connectivity index (χ1n) is 2.87. The first-order chi connectivity index (χ1) is 4.02. The van der Waals surface area contributed by atoms with Gasteiger partial charge in [-0.25, -0.2) is 5.53 Å². The van der Waals surface area contributed by atoms with Crippen molar-refractivity contribution in [3.8, 4) is 0 Å². The number of aliphatic imine (C=N–C) groups is 1. The largest absolute Gasteiger partial charge is 0.272 e. The zero-order valence-electron chi connectivity index (χ0n) is 6.39. The summed E-state index contributed by atoms with van der Waals surface area (Å²) in [5.41, 5.74) is 6.62. The maximum absolute atomic E-state index is 6.71. The van der Waals surface area contributed by atoms with Crippen molar-refractivity contribution >= 4 is 5.84 Å². The van der Waals surface area contributed by atoms with Crippen LogP contribution in [0.1, 0.15) is 20.8 Å². The van der Waals surface area contributed by atoms with Gasteiger partial charge in [0.05, 0.1) is 0 Å². The van der Waals surface area contributed by atoms with Crippen LogP contribution in [0.25, 0.3) is 0 Å². The molecule has 9 heavy (non-hydrogen) atoms. The van der Waals surface area contributed by atoms with E-state index < -0.39 is 0 Å². The van der Waals surface area contributed by atoms with Gasteiger partial charge in [0.25, 0.3) is 0 Å². The maximum atomic E-state index is 6.71. The van der Waals surface area contributed by atoms with Crippen LogP contribution in [0.2, 0.25) is 0 Å². The summed E-state index contributed by atoms with van der Waals surface area (Å²) < 4.78 is 0. The number of nitrogens with zero attached hydrogens (tertiary/aromatic N) is 2. The molecule has 0 bridgehead atoms. The second kappa shape index (κ2) is 2.71. The molecule has 0 aromatic carbocycles. The van der Waals surface area contributed by atoms with Gasteiger partial charge in [0.1, 0.15) is 0 Å². The fraction of sp³-hybridized carbons (Fsp3) is 0.833. The summed E-state index contributed by atoms with van der Waals surface area (Å²) in [5.74, 6) is 0.586. The summed E-state index contributed by atoms with van der Waals surface area (Å²) in [4.78, 5) is 3.84. The molecule has 1 N–H and O–H groups in total. The summed E-state index contributed by atoms with van der Waals surface area (Å²) >= 11 is 0. The first-order valence-corrected chi connectivity index (χ1v) is 2.87. The number of rotatable bonds is 0. The van der Waals surface area contributed by atoms with Gasteiger partial charge >= 0.3 is 0 Å². The van der Waals surface area contributed by atoms with E-state index in [1.165, 1.54) is 0 Å². The summed E-state index contributed by atoms with van der Waals surface area (Å²) in [6.45, 7) is 5.94. The lowest BCUT2D eigenvalue weighted by Crippen LogP contribution is -2.17. The topological polar surface area (TPSA) is 48.6 Å². The van der Waals surface area contributed by atoms with Crippen LogP contribution in [-0.2, 0) is 0 Å². The summed E-state index contributed by atoms with van der Waals surface area (Å²) in [7, 11) is 1.65. The van der Waals surface area contributed by atoms with Gasteiger partial charge in [-0.2, -0.15) is 0 Å². The van der Waals surface area contributed by atoms with Crippen molar-refractivity contribution in [3.05, 3.63) is 0 Å². The van der Waals surface area contributed by atoms with Gasteiger partial charge in [0.2, 0.25) is 0 Å². The van der Waals surface area contributed by atoms with Crippen molar-refractivity contribution in [3.63, 3.8) is 0 Å². The lowest BCUT2D eigenvalue weighted by atomic mass is 9.95. The van der Waals surface area contributed by atoms with Gasteiger partial charge in [-0.05, 0) is 0 Å². The molecule has 0 amide bonds. The van der Waals surface area contributed by atoms with Crippen molar-refractivity contribution in [2.75, 3.05) is 7.05 Å². The Hall–Kier alpha value is -0.730. The van der Waals surface area contributed by atoms with E-state index in [4.69, 9.17) is 5.53 Å². The standard InChI is InChI=1S/C6H13N3/c1-6(2,3)5(8-4)9-7/h7H,1-4H3. The third-order valence-electron chi connectivity index (χ3n) is 0.989. The fourth-order valence-electron chi connectivity index (χ4n) is 0.553. The van der Waals surface area contributed by atoms with Crippen LogP contribution < -0.4 is 0 Å². The molecule has 0 atom stereocenters. The minimum Gasteiger partial charge on any atom is -0.272 e. The molecular weight excluding hydrogens is 114 g/mol. The number of nitrogens with one attached hydrogen (secondary N) is 1. The van der Waals surface area contributed by atoms with Crippen LogP contribution >= 0.6 is 0 Å². The quantitative estimate of drug-likeness (QED) is 0.294. The highest BCUT2D eigenvalue weighted by Crippen LogP contribution is 2.15. The molecule has 0 saturated heterocycles. The molecule has 0 radical (unpaired) electrons. The van der Waals surface area contributed by atoms with E-state index in [9.17, 15) is 0 Å². The molecule has 0 rings (SSSR count). The highest BCUT2D eigenvalue weighted by Gasteiger charge is 2.16. The second-order valence-corrected chi connectivity index (χ2v) is 2.91. The Balaban J connectivity index is 4.32. The predicted octanol–water partition coefficient (Wildman–Crippen LogP) is 2.09. The molecule has 0 saturated carbocycles. The average molecular weight is 127 g/mol. The van der Waals surface area contributed by atoms with E-state index in [1.54, 1.807) is 7.05 Å². The molecule has 52 valence electrons. The molecule has 0 aliphatic heterocycles. The Labute approximate surface area is 55.7 Å². The Morgan fingerprint density at radius 2 is 1.78 bits per heavy atom. The van der Waals surface area contributed by atoms with Crippen LogP contribution in [0.3, 0.4) is 0 Å². The molecule has 0 aromatic heterocycles. The Morgan fingerprint density at radius 3 is 1.78 bits per heavy atom. The normalized spacial score (nSPS) is 13.6. The number of amidine groups is 1. The van der Waals surface area contributed by atoms with E-state index in [0.29, 0.717) is 5.84 Å². The highest BCUT2D eigenvalue weighted by molar-refractivity contribution is 5.87. The molecular formula is C6H13N3. The van der Waals surface area contributed by atoms with Crippen LogP contribution in [0, 0.1) is 10.9 Å². The second-order valence-electron chi connectivity index (χ2n) is 2.91. The SMILES string of the molecule is CN=C(N=N)C(C)(C)C. The Morgan fingerprint density at radius 1 is 1.33 bits per heavy atom. The lowest BCUT2D eigenvalue weighted by Gasteiger charge is -2.14. The molecule has 0 spiro atoms. The molecule has 3 heteroatoms. The third kappa shape index (κ3) is 2.35. The van der Waals surface area contributed by atoms with Gasteiger partial charge in [-0.1, -0.05) is 20.8 Å². The monoisotopic (exact) mass is 127 g/mol. The molecule has 0 aromatic rings. The summed E-state index contributed by atoms with van der Waals surface area (Å²) in [6, 6.07) is 0. The number of hydrogen-bond acceptors (Lipinski definition) is 2. The van der Waals surface area contributed by atoms with Crippen molar-refractivity contribution in [1.29, 1.82) is 5.53 Å². The molecule has 0 unspecified atom stereocenters. The van der Waals surface area contributed by atoms with Crippen LogP contribution in [0.15, 0.2) is 10.1 Å². The minimum absolute atomic E-state index is 0.0868.